The Bertz CT molecular complexity index is 1120. The summed E-state index contributed by atoms with van der Waals surface area (Å²) in [7, 11) is 0. The molecule has 120 valence electrons. The smallest absolute Gasteiger partial charge is 0.188 e. The van der Waals surface area contributed by atoms with Gasteiger partial charge in [-0.05, 0) is 42.5 Å². The van der Waals surface area contributed by atoms with Crippen LogP contribution in [0.5, 0.6) is 0 Å². The molecule has 2 aromatic heterocycles. The van der Waals surface area contributed by atoms with Crippen molar-refractivity contribution in [2.75, 3.05) is 0 Å². The highest BCUT2D eigenvalue weighted by Gasteiger charge is 2.13. The Morgan fingerprint density at radius 3 is 2.72 bits per heavy atom. The zero-order chi connectivity index (χ0) is 17.2. The van der Waals surface area contributed by atoms with Gasteiger partial charge in [0, 0.05) is 4.90 Å². The van der Waals surface area contributed by atoms with E-state index in [1.165, 1.54) is 22.3 Å². The summed E-state index contributed by atoms with van der Waals surface area (Å²) < 4.78 is 15.6. The molecule has 0 aliphatic carbocycles. The molecule has 0 amide bonds. The van der Waals surface area contributed by atoms with Crippen molar-refractivity contribution >= 4 is 17.4 Å². The molecule has 0 aliphatic heterocycles. The molecule has 0 spiro atoms. The summed E-state index contributed by atoms with van der Waals surface area (Å²) >= 11 is 1.41. The molecule has 0 saturated carbocycles. The number of hydrogen-bond acceptors (Lipinski definition) is 5. The van der Waals surface area contributed by atoms with E-state index in [2.05, 4.69) is 21.4 Å². The maximum absolute atomic E-state index is 14.1. The van der Waals surface area contributed by atoms with Crippen LogP contribution in [-0.2, 0) is 0 Å². The largest absolute Gasteiger partial charge is 0.206 e. The van der Waals surface area contributed by atoms with Crippen LogP contribution >= 0.6 is 11.8 Å². The van der Waals surface area contributed by atoms with Gasteiger partial charge in [0.2, 0.25) is 0 Å². The highest BCUT2D eigenvalue weighted by Crippen LogP contribution is 2.28. The first-order valence-corrected chi connectivity index (χ1v) is 8.21. The van der Waals surface area contributed by atoms with E-state index >= 15 is 0 Å². The van der Waals surface area contributed by atoms with Gasteiger partial charge < -0.3 is 0 Å². The molecule has 7 heteroatoms. The number of fused-ring (bicyclic) bond motifs is 1. The number of nitriles is 1. The van der Waals surface area contributed by atoms with E-state index in [0.29, 0.717) is 27.6 Å². The van der Waals surface area contributed by atoms with E-state index in [1.54, 1.807) is 36.4 Å². The average molecular weight is 347 g/mol. The van der Waals surface area contributed by atoms with Gasteiger partial charge in [-0.3, -0.25) is 0 Å². The number of rotatable bonds is 3. The monoisotopic (exact) mass is 347 g/mol. The van der Waals surface area contributed by atoms with Crippen LogP contribution in [0, 0.1) is 17.1 Å². The van der Waals surface area contributed by atoms with E-state index < -0.39 is 0 Å². The predicted molar refractivity (Wildman–Crippen MR) is 91.5 cm³/mol. The van der Waals surface area contributed by atoms with E-state index in [1.807, 2.05) is 18.2 Å². The van der Waals surface area contributed by atoms with Crippen molar-refractivity contribution in [3.05, 3.63) is 72.0 Å². The summed E-state index contributed by atoms with van der Waals surface area (Å²) in [5.41, 5.74) is 1.46. The summed E-state index contributed by atoms with van der Waals surface area (Å²) in [6.07, 6.45) is 0. The quantitative estimate of drug-likeness (QED) is 0.561. The molecule has 0 bridgehead atoms. The van der Waals surface area contributed by atoms with Crippen LogP contribution < -0.4 is 0 Å². The summed E-state index contributed by atoms with van der Waals surface area (Å²) in [6, 6.07) is 19.4. The summed E-state index contributed by atoms with van der Waals surface area (Å²) in [5, 5.41) is 22.3. The number of halogens is 1. The van der Waals surface area contributed by atoms with Gasteiger partial charge in [0.05, 0.1) is 17.2 Å². The van der Waals surface area contributed by atoms with Crippen molar-refractivity contribution in [2.45, 2.75) is 9.92 Å². The lowest BCUT2D eigenvalue weighted by molar-refractivity contribution is 0.629. The van der Waals surface area contributed by atoms with Crippen molar-refractivity contribution in [1.82, 2.24) is 19.8 Å². The van der Waals surface area contributed by atoms with E-state index in [0.717, 1.165) is 4.90 Å². The third-order valence-corrected chi connectivity index (χ3v) is 4.46. The van der Waals surface area contributed by atoms with Gasteiger partial charge in [-0.15, -0.1) is 10.2 Å². The van der Waals surface area contributed by atoms with Gasteiger partial charge in [-0.1, -0.05) is 30.0 Å². The maximum Gasteiger partial charge on any atom is 0.188 e. The highest BCUT2D eigenvalue weighted by atomic mass is 32.2. The Balaban J connectivity index is 1.76. The minimum atomic E-state index is -0.377. The van der Waals surface area contributed by atoms with Crippen LogP contribution in [-0.4, -0.2) is 19.8 Å². The molecule has 2 heterocycles. The molecular weight excluding hydrogens is 337 g/mol. The minimum absolute atomic E-state index is 0.344. The van der Waals surface area contributed by atoms with Gasteiger partial charge in [0.15, 0.2) is 11.5 Å². The summed E-state index contributed by atoms with van der Waals surface area (Å²) in [5.74, 6) is -0.0281. The molecule has 0 saturated heterocycles. The van der Waals surface area contributed by atoms with Crippen LogP contribution in [0.4, 0.5) is 4.39 Å². The van der Waals surface area contributed by atoms with Crippen molar-refractivity contribution in [1.29, 1.82) is 5.26 Å². The molecule has 2 aromatic carbocycles. The Hall–Kier alpha value is -3.24. The first-order valence-electron chi connectivity index (χ1n) is 7.40. The van der Waals surface area contributed by atoms with E-state index in [4.69, 9.17) is 5.26 Å². The van der Waals surface area contributed by atoms with Crippen LogP contribution in [0.1, 0.15) is 5.56 Å². The van der Waals surface area contributed by atoms with Crippen molar-refractivity contribution in [2.24, 2.45) is 0 Å². The van der Waals surface area contributed by atoms with Crippen LogP contribution in [0.25, 0.3) is 17.0 Å². The van der Waals surface area contributed by atoms with Crippen LogP contribution in [0.3, 0.4) is 0 Å². The topological polar surface area (TPSA) is 66.9 Å². The van der Waals surface area contributed by atoms with Gasteiger partial charge in [0.1, 0.15) is 10.8 Å². The van der Waals surface area contributed by atoms with Crippen molar-refractivity contribution in [3.8, 4) is 17.5 Å². The Morgan fingerprint density at radius 2 is 1.88 bits per heavy atom. The Kier molecular flexibility index (Phi) is 3.88. The Morgan fingerprint density at radius 1 is 1.00 bits per heavy atom. The van der Waals surface area contributed by atoms with Gasteiger partial charge in [0.25, 0.3) is 0 Å². The number of hydrogen-bond donors (Lipinski definition) is 0. The molecule has 0 fully saturated rings. The molecule has 4 aromatic rings. The summed E-state index contributed by atoms with van der Waals surface area (Å²) in [6.45, 7) is 0. The molecule has 0 radical (unpaired) electrons. The van der Waals surface area contributed by atoms with E-state index in [9.17, 15) is 4.39 Å². The highest BCUT2D eigenvalue weighted by molar-refractivity contribution is 7.99. The van der Waals surface area contributed by atoms with Crippen LogP contribution in [0.2, 0.25) is 0 Å². The maximum atomic E-state index is 14.1. The van der Waals surface area contributed by atoms with Crippen molar-refractivity contribution in [3.63, 3.8) is 0 Å². The molecule has 25 heavy (non-hydrogen) atoms. The first-order chi connectivity index (χ1) is 12.2. The minimum Gasteiger partial charge on any atom is -0.206 e. The lowest BCUT2D eigenvalue weighted by Gasteiger charge is -2.04. The van der Waals surface area contributed by atoms with E-state index in [-0.39, 0.29) is 5.82 Å². The lowest BCUT2D eigenvalue weighted by atomic mass is 10.2. The molecule has 0 unspecified atom stereocenters. The normalized spacial score (nSPS) is 10.7. The number of benzene rings is 2. The molecule has 0 N–H and O–H groups in total. The fourth-order valence-electron chi connectivity index (χ4n) is 2.39. The number of aromatic nitrogens is 4. The second-order valence-corrected chi connectivity index (χ2v) is 6.28. The average Bonchev–Trinajstić information content (AvgIpc) is 3.05. The first kappa shape index (κ1) is 15.3. The van der Waals surface area contributed by atoms with Crippen molar-refractivity contribution < 1.29 is 4.39 Å². The molecule has 0 aliphatic rings. The fourth-order valence-corrected chi connectivity index (χ4v) is 3.22. The third kappa shape index (κ3) is 2.95. The molecule has 4 rings (SSSR count). The predicted octanol–water partition coefficient (Wildman–Crippen LogP) is 3.95. The summed E-state index contributed by atoms with van der Waals surface area (Å²) in [4.78, 5) is 0.895. The molecule has 0 atom stereocenters. The second kappa shape index (κ2) is 6.34. The van der Waals surface area contributed by atoms with Gasteiger partial charge in [-0.2, -0.15) is 14.9 Å². The zero-order valence-electron chi connectivity index (χ0n) is 12.8. The zero-order valence-corrected chi connectivity index (χ0v) is 13.6. The SMILES string of the molecule is N#Cc1cccc(Sc2ccc3nnc(-c4ccccc4F)n3n2)c1. The molecule has 5 nitrogen and oxygen atoms in total. The van der Waals surface area contributed by atoms with Crippen LogP contribution in [0.15, 0.2) is 70.6 Å². The lowest BCUT2D eigenvalue weighted by Crippen LogP contribution is -1.97. The Labute approximate surface area is 146 Å². The fraction of sp³-hybridized carbons (Fsp3) is 0. The molecular formula is C18H10FN5S. The van der Waals surface area contributed by atoms with Gasteiger partial charge >= 0.3 is 0 Å². The van der Waals surface area contributed by atoms with Gasteiger partial charge in [-0.25, -0.2) is 4.39 Å². The number of nitrogens with zero attached hydrogens (tertiary/aromatic N) is 5. The third-order valence-electron chi connectivity index (χ3n) is 3.54. The standard InChI is InChI=1S/C18H10FN5S/c19-15-7-2-1-6-14(15)18-22-21-16-8-9-17(23-24(16)18)25-13-5-3-4-12(10-13)11-20/h1-10H. The second-order valence-electron chi connectivity index (χ2n) is 5.19.